The van der Waals surface area contributed by atoms with Gasteiger partial charge in [-0.15, -0.1) is 0 Å². The fourth-order valence-corrected chi connectivity index (χ4v) is 4.51. The smallest absolute Gasteiger partial charge is 1.00 e. The van der Waals surface area contributed by atoms with Gasteiger partial charge in [-0.25, -0.2) is 9.59 Å². The van der Waals surface area contributed by atoms with Gasteiger partial charge in [-0.1, -0.05) is 78.9 Å². The van der Waals surface area contributed by atoms with Crippen molar-refractivity contribution in [3.63, 3.8) is 0 Å². The van der Waals surface area contributed by atoms with Crippen LogP contribution < -0.4 is 29.6 Å². The van der Waals surface area contributed by atoms with E-state index in [0.717, 1.165) is 0 Å². The van der Waals surface area contributed by atoms with E-state index >= 15 is 0 Å². The van der Waals surface area contributed by atoms with Gasteiger partial charge in [0.15, 0.2) is 0 Å². The van der Waals surface area contributed by atoms with Crippen LogP contribution in [0.25, 0.3) is 21.9 Å². The Labute approximate surface area is 229 Å². The molecule has 1 aliphatic carbocycles. The molecule has 0 aromatic heterocycles. The minimum Gasteiger partial charge on any atom is -1.00 e. The van der Waals surface area contributed by atoms with Crippen LogP contribution in [0.1, 0.15) is 38.8 Å². The molecule has 0 heterocycles. The number of phenols is 1. The first kappa shape index (κ1) is 25.1. The van der Waals surface area contributed by atoms with Crippen molar-refractivity contribution < 1.29 is 60.7 Å². The van der Waals surface area contributed by atoms with E-state index in [4.69, 9.17) is 0 Å². The number of ketones is 1. The number of allylic oxidation sites excluding steroid dienone is 2. The Bertz CT molecular complexity index is 1620. The second kappa shape index (κ2) is 9.95. The number of carboxylic acids is 2. The molecule has 0 atom stereocenters. The van der Waals surface area contributed by atoms with Crippen molar-refractivity contribution in [2.45, 2.75) is 0 Å². The molecule has 6 nitrogen and oxygen atoms in total. The Morgan fingerprint density at radius 1 is 0.694 bits per heavy atom. The van der Waals surface area contributed by atoms with Crippen LogP contribution in [0.5, 0.6) is 5.75 Å². The Kier molecular flexibility index (Phi) is 6.95. The second-order valence-corrected chi connectivity index (χ2v) is 8.06. The van der Waals surface area contributed by atoms with Crippen molar-refractivity contribution >= 4 is 39.6 Å². The van der Waals surface area contributed by atoms with E-state index in [2.05, 4.69) is 0 Å². The second-order valence-electron chi connectivity index (χ2n) is 8.06. The van der Waals surface area contributed by atoms with E-state index in [1.54, 1.807) is 48.5 Å². The average molecular weight is 486 g/mol. The molecular formula is C29H19NaO6. The van der Waals surface area contributed by atoms with Gasteiger partial charge >= 0.3 is 41.5 Å². The number of hydrogen-bond acceptors (Lipinski definition) is 4. The monoisotopic (exact) mass is 486 g/mol. The third-order valence-corrected chi connectivity index (χ3v) is 6.07. The number of carbonyl (C=O) groups excluding carboxylic acids is 1. The molecule has 5 rings (SSSR count). The van der Waals surface area contributed by atoms with Gasteiger partial charge in [-0.05, 0) is 45.4 Å². The Morgan fingerprint density at radius 2 is 1.28 bits per heavy atom. The molecule has 3 N–H and O–H groups in total. The molecule has 172 valence electrons. The van der Waals surface area contributed by atoms with Gasteiger partial charge in [0.2, 0.25) is 5.78 Å². The van der Waals surface area contributed by atoms with Crippen molar-refractivity contribution in [1.82, 2.24) is 0 Å². The largest absolute Gasteiger partial charge is 1.00 e. The van der Waals surface area contributed by atoms with Crippen LogP contribution in [-0.2, 0) is 4.79 Å². The summed E-state index contributed by atoms with van der Waals surface area (Å²) in [6.07, 6.45) is 1.34. The van der Waals surface area contributed by atoms with E-state index in [9.17, 15) is 29.7 Å². The molecule has 36 heavy (non-hydrogen) atoms. The number of carboxylic acid groups (broad SMARTS) is 2. The summed E-state index contributed by atoms with van der Waals surface area (Å²) in [4.78, 5) is 36.9. The minimum absolute atomic E-state index is 0. The van der Waals surface area contributed by atoms with E-state index in [0.29, 0.717) is 38.6 Å². The van der Waals surface area contributed by atoms with E-state index in [1.807, 2.05) is 30.3 Å². The number of carbonyl (C=O) groups is 3. The molecule has 0 radical (unpaired) electrons. The van der Waals surface area contributed by atoms with Crippen LogP contribution in [-0.4, -0.2) is 33.0 Å². The molecule has 0 unspecified atom stereocenters. The van der Waals surface area contributed by atoms with Gasteiger partial charge in [0.05, 0.1) is 0 Å². The van der Waals surface area contributed by atoms with Gasteiger partial charge < -0.3 is 16.7 Å². The van der Waals surface area contributed by atoms with Gasteiger partial charge in [0.1, 0.15) is 16.9 Å². The third kappa shape index (κ3) is 4.16. The first-order chi connectivity index (χ1) is 16.9. The molecule has 0 saturated heterocycles. The number of benzene rings is 4. The number of aliphatic carboxylic acids is 1. The molecule has 7 heteroatoms. The predicted octanol–water partition coefficient (Wildman–Crippen LogP) is 2.53. The van der Waals surface area contributed by atoms with Gasteiger partial charge in [0, 0.05) is 10.9 Å². The Morgan fingerprint density at radius 3 is 1.92 bits per heavy atom. The predicted molar refractivity (Wildman–Crippen MR) is 133 cm³/mol. The normalized spacial score (nSPS) is 13.9. The summed E-state index contributed by atoms with van der Waals surface area (Å²) in [7, 11) is 0. The van der Waals surface area contributed by atoms with Crippen molar-refractivity contribution in [3.8, 4) is 5.75 Å². The first-order valence-corrected chi connectivity index (χ1v) is 10.8. The summed E-state index contributed by atoms with van der Waals surface area (Å²) >= 11 is 0. The number of aromatic hydroxyl groups is 1. The SMILES string of the molecule is O=C(O)C1=CC(=C(c2ccccc2)c2cc(C(=O)O)c(O)c3ccccc23)c2ccccc2C1=O.[H-].[Na+]. The quantitative estimate of drug-likeness (QED) is 0.302. The first-order valence-electron chi connectivity index (χ1n) is 10.8. The Balaban J connectivity index is 0.00000190. The summed E-state index contributed by atoms with van der Waals surface area (Å²) in [6.45, 7) is 0. The molecule has 0 amide bonds. The standard InChI is InChI=1S/C29H18O6.Na.H/c30-26-19-12-6-4-10-17(19)21(14-23(26)28(32)33)25(16-8-2-1-3-9-16)22-15-24(29(34)35)27(31)20-13-7-5-11-18(20)22;;/h1-15,30H,(H,32,33)(H,34,35);;/q;+1;-1. The maximum Gasteiger partial charge on any atom is 1.00 e. The summed E-state index contributed by atoms with van der Waals surface area (Å²) < 4.78 is 0. The molecule has 0 saturated carbocycles. The molecule has 4 aromatic rings. The summed E-state index contributed by atoms with van der Waals surface area (Å²) in [5, 5.41) is 31.2. The van der Waals surface area contributed by atoms with E-state index < -0.39 is 17.7 Å². The van der Waals surface area contributed by atoms with Crippen LogP contribution in [0.2, 0.25) is 0 Å². The summed E-state index contributed by atoms with van der Waals surface area (Å²) in [6, 6.07) is 24.1. The number of Topliss-reactive ketones (excluding diaryl/α,β-unsaturated/α-hetero) is 1. The van der Waals surface area contributed by atoms with Crippen molar-refractivity contribution in [2.24, 2.45) is 0 Å². The van der Waals surface area contributed by atoms with Crippen LogP contribution in [0.15, 0.2) is 96.6 Å². The fraction of sp³-hybridized carbons (Fsp3) is 0. The van der Waals surface area contributed by atoms with Gasteiger partial charge in [0.25, 0.3) is 0 Å². The maximum atomic E-state index is 12.9. The van der Waals surface area contributed by atoms with Crippen LogP contribution in [0.4, 0.5) is 0 Å². The summed E-state index contributed by atoms with van der Waals surface area (Å²) in [5.74, 6) is -3.59. The van der Waals surface area contributed by atoms with Crippen LogP contribution >= 0.6 is 0 Å². The maximum absolute atomic E-state index is 12.9. The third-order valence-electron chi connectivity index (χ3n) is 6.07. The van der Waals surface area contributed by atoms with E-state index in [-0.39, 0.29) is 53.4 Å². The van der Waals surface area contributed by atoms with Crippen molar-refractivity contribution in [1.29, 1.82) is 0 Å². The van der Waals surface area contributed by atoms with Crippen molar-refractivity contribution in [2.75, 3.05) is 0 Å². The fourth-order valence-electron chi connectivity index (χ4n) is 4.51. The number of aromatic carboxylic acids is 1. The summed E-state index contributed by atoms with van der Waals surface area (Å²) in [5.41, 5.74) is 2.32. The molecular weight excluding hydrogens is 467 g/mol. The zero-order valence-corrected chi connectivity index (χ0v) is 21.2. The minimum atomic E-state index is -1.35. The molecule has 0 aliphatic heterocycles. The molecule has 0 fully saturated rings. The zero-order chi connectivity index (χ0) is 24.7. The average Bonchev–Trinajstić information content (AvgIpc) is 2.87. The molecule has 0 spiro atoms. The van der Waals surface area contributed by atoms with Gasteiger partial charge in [-0.2, -0.15) is 0 Å². The van der Waals surface area contributed by atoms with Crippen LogP contribution in [0, 0.1) is 0 Å². The molecule has 4 aromatic carbocycles. The molecule has 0 bridgehead atoms. The number of rotatable bonds is 4. The number of hydrogen-bond donors (Lipinski definition) is 3. The van der Waals surface area contributed by atoms with Crippen LogP contribution in [0.3, 0.4) is 0 Å². The molecule has 1 aliphatic rings. The number of fused-ring (bicyclic) bond motifs is 2. The topological polar surface area (TPSA) is 112 Å². The van der Waals surface area contributed by atoms with Crippen molar-refractivity contribution in [3.05, 3.63) is 124 Å². The van der Waals surface area contributed by atoms with E-state index in [1.165, 1.54) is 12.1 Å². The van der Waals surface area contributed by atoms with Gasteiger partial charge in [-0.3, -0.25) is 4.79 Å². The Hall–Kier alpha value is -3.97. The zero-order valence-electron chi connectivity index (χ0n) is 20.2.